The Hall–Kier alpha value is -2.27. The van der Waals surface area contributed by atoms with Crippen LogP contribution in [-0.4, -0.2) is 71.6 Å². The summed E-state index contributed by atoms with van der Waals surface area (Å²) in [6, 6.07) is 1.43. The van der Waals surface area contributed by atoms with Gasteiger partial charge in [0.1, 0.15) is 5.75 Å². The number of carbonyl (C=O) groups is 1. The Balaban J connectivity index is 1.23. The molecule has 1 amide bonds. The van der Waals surface area contributed by atoms with E-state index in [0.717, 1.165) is 53.8 Å². The molecule has 2 atom stereocenters. The largest absolute Gasteiger partial charge is 0.492 e. The van der Waals surface area contributed by atoms with Gasteiger partial charge in [-0.05, 0) is 25.8 Å². The van der Waals surface area contributed by atoms with Crippen molar-refractivity contribution in [2.24, 2.45) is 0 Å². The second-order valence-corrected chi connectivity index (χ2v) is 10.7. The maximum atomic E-state index is 13.2. The van der Waals surface area contributed by atoms with Gasteiger partial charge in [0, 0.05) is 62.3 Å². The quantitative estimate of drug-likeness (QED) is 0.439. The number of nitrogen functional groups attached to an aromatic ring is 1. The number of nitrogens with zero attached hydrogens (tertiary/aromatic N) is 3. The molecule has 0 spiro atoms. The lowest BCUT2D eigenvalue weighted by Crippen LogP contribution is -2.55. The molecule has 3 N–H and O–H groups in total. The van der Waals surface area contributed by atoms with Crippen LogP contribution in [0.2, 0.25) is 5.02 Å². The highest BCUT2D eigenvalue weighted by Crippen LogP contribution is 2.38. The molecule has 1 saturated heterocycles. The molecule has 188 valence electrons. The van der Waals surface area contributed by atoms with Crippen LogP contribution < -0.4 is 21.3 Å². The zero-order valence-corrected chi connectivity index (χ0v) is 21.5. The Kier molecular flexibility index (Phi) is 6.98. The van der Waals surface area contributed by atoms with E-state index in [1.807, 2.05) is 6.92 Å². The van der Waals surface area contributed by atoms with Crippen LogP contribution in [-0.2, 0) is 24.1 Å². The minimum absolute atomic E-state index is 0.0832. The Labute approximate surface area is 213 Å². The number of nitrogens with two attached hydrogens (primary N) is 1. The summed E-state index contributed by atoms with van der Waals surface area (Å²) in [6.07, 6.45) is 1.84. The van der Waals surface area contributed by atoms with Crippen molar-refractivity contribution in [3.63, 3.8) is 0 Å². The molecular weight excluding hydrogens is 490 g/mol. The predicted octanol–water partition coefficient (Wildman–Crippen LogP) is 1.89. The molecule has 5 rings (SSSR count). The molecule has 1 aromatic carbocycles. The monoisotopic (exact) mass is 519 g/mol. The second kappa shape index (κ2) is 10.0. The van der Waals surface area contributed by atoms with Gasteiger partial charge in [0.2, 0.25) is 0 Å². The first-order chi connectivity index (χ1) is 16.9. The van der Waals surface area contributed by atoms with Gasteiger partial charge in [0.15, 0.2) is 5.16 Å². The zero-order chi connectivity index (χ0) is 24.7. The number of rotatable bonds is 6. The highest BCUT2D eigenvalue weighted by Gasteiger charge is 2.33. The maximum Gasteiger partial charge on any atom is 0.257 e. The number of anilines is 1. The van der Waals surface area contributed by atoms with Crippen LogP contribution in [0.1, 0.15) is 33.6 Å². The summed E-state index contributed by atoms with van der Waals surface area (Å²) < 4.78 is 13.2. The molecule has 0 saturated carbocycles. The first-order valence-corrected chi connectivity index (χ1v) is 13.3. The van der Waals surface area contributed by atoms with Crippen LogP contribution in [0.25, 0.3) is 0 Å². The van der Waals surface area contributed by atoms with E-state index < -0.39 is 0 Å². The van der Waals surface area contributed by atoms with Crippen LogP contribution in [0, 0.1) is 6.92 Å². The lowest BCUT2D eigenvalue weighted by Gasteiger charge is -2.38. The van der Waals surface area contributed by atoms with Crippen LogP contribution in [0.4, 0.5) is 5.69 Å². The van der Waals surface area contributed by atoms with E-state index in [-0.39, 0.29) is 23.6 Å². The molecular formula is C24H30ClN5O4S. The number of benzene rings is 1. The summed E-state index contributed by atoms with van der Waals surface area (Å²) in [4.78, 5) is 33.0. The molecule has 3 aliphatic rings. The number of methoxy groups -OCH3 is 1. The molecule has 0 radical (unpaired) electrons. The highest BCUT2D eigenvalue weighted by molar-refractivity contribution is 7.99. The summed E-state index contributed by atoms with van der Waals surface area (Å²) in [7, 11) is 1.66. The van der Waals surface area contributed by atoms with E-state index in [9.17, 15) is 9.59 Å². The number of amides is 1. The van der Waals surface area contributed by atoms with E-state index in [1.165, 1.54) is 0 Å². The average molecular weight is 520 g/mol. The average Bonchev–Trinajstić information content (AvgIpc) is 3.52. The number of thioether (sulfide) groups is 1. The van der Waals surface area contributed by atoms with E-state index >= 15 is 0 Å². The third kappa shape index (κ3) is 4.64. The number of ether oxygens (including phenoxy) is 2. The zero-order valence-electron chi connectivity index (χ0n) is 19.9. The summed E-state index contributed by atoms with van der Waals surface area (Å²) in [5.74, 6) is 1.19. The molecule has 9 nitrogen and oxygen atoms in total. The number of nitrogens with one attached hydrogen (secondary N) is 1. The molecule has 0 bridgehead atoms. The minimum atomic E-state index is -0.240. The molecule has 4 heterocycles. The minimum Gasteiger partial charge on any atom is -0.492 e. The van der Waals surface area contributed by atoms with Crippen molar-refractivity contribution in [3.05, 3.63) is 43.8 Å². The van der Waals surface area contributed by atoms with E-state index in [4.69, 9.17) is 26.8 Å². The molecule has 35 heavy (non-hydrogen) atoms. The number of likely N-dealkylation sites (tertiary alicyclic amines) is 1. The lowest BCUT2D eigenvalue weighted by molar-refractivity contribution is 0.00671. The van der Waals surface area contributed by atoms with Crippen LogP contribution in [0.5, 0.6) is 5.75 Å². The molecule has 0 aliphatic carbocycles. The fraction of sp³-hybridized carbons (Fsp3) is 0.542. The number of carbonyl (C=O) groups excluding carboxylic acids is 1. The smallest absolute Gasteiger partial charge is 0.257 e. The number of aryl methyl sites for hydroxylation is 1. The van der Waals surface area contributed by atoms with Crippen molar-refractivity contribution in [2.45, 2.75) is 50.0 Å². The Morgan fingerprint density at radius 2 is 2.26 bits per heavy atom. The van der Waals surface area contributed by atoms with Crippen LogP contribution >= 0.6 is 23.4 Å². The van der Waals surface area contributed by atoms with E-state index in [1.54, 1.807) is 29.5 Å². The summed E-state index contributed by atoms with van der Waals surface area (Å²) in [5, 5.41) is 4.31. The van der Waals surface area contributed by atoms with Gasteiger partial charge < -0.3 is 25.4 Å². The van der Waals surface area contributed by atoms with Crippen molar-refractivity contribution in [3.8, 4) is 5.75 Å². The van der Waals surface area contributed by atoms with Gasteiger partial charge in [-0.15, -0.1) is 0 Å². The van der Waals surface area contributed by atoms with Gasteiger partial charge in [0.25, 0.3) is 11.5 Å². The summed E-state index contributed by atoms with van der Waals surface area (Å²) in [6.45, 7) is 5.31. The standard InChI is InChI=1S/C24H30ClN5O4S/c1-13-14(23(32)30-8-10-35-24(30)27-13)3-6-29-7-4-18(19(12-29)33-2)28-22(31)16-11-17(25)20(26)15-5-9-34-21(15)16/h11,18-19H,3-10,12,26H2,1-2H3,(H,28,31)/t18-,19+/m1/s1. The topological polar surface area (TPSA) is 112 Å². The number of hydrogen-bond acceptors (Lipinski definition) is 8. The summed E-state index contributed by atoms with van der Waals surface area (Å²) >= 11 is 7.91. The van der Waals surface area contributed by atoms with Gasteiger partial charge in [-0.25, -0.2) is 4.98 Å². The van der Waals surface area contributed by atoms with Crippen LogP contribution in [0.3, 0.4) is 0 Å². The third-order valence-electron chi connectivity index (χ3n) is 7.14. The molecule has 2 aromatic rings. The normalized spacial score (nSPS) is 21.5. The third-order valence-corrected chi connectivity index (χ3v) is 8.41. The maximum absolute atomic E-state index is 13.2. The predicted molar refractivity (Wildman–Crippen MR) is 136 cm³/mol. The molecule has 11 heteroatoms. The second-order valence-electron chi connectivity index (χ2n) is 9.18. The van der Waals surface area contributed by atoms with Crippen molar-refractivity contribution in [1.29, 1.82) is 0 Å². The number of fused-ring (bicyclic) bond motifs is 2. The highest BCUT2D eigenvalue weighted by atomic mass is 35.5. The SMILES string of the molecule is CO[C@H]1CN(CCc2c(C)nc3n(c2=O)CCS3)CC[C@H]1NC(=O)c1cc(Cl)c(N)c2c1OCC2. The van der Waals surface area contributed by atoms with Crippen molar-refractivity contribution >= 4 is 35.0 Å². The molecule has 0 unspecified atom stereocenters. The fourth-order valence-corrected chi connectivity index (χ4v) is 6.35. The van der Waals surface area contributed by atoms with Gasteiger partial charge in [-0.1, -0.05) is 23.4 Å². The Bertz CT molecular complexity index is 1220. The first kappa shape index (κ1) is 24.4. The van der Waals surface area contributed by atoms with Gasteiger partial charge in [0.05, 0.1) is 35.0 Å². The molecule has 1 fully saturated rings. The fourth-order valence-electron chi connectivity index (χ4n) is 5.14. The van der Waals surface area contributed by atoms with Crippen molar-refractivity contribution in [1.82, 2.24) is 19.8 Å². The number of halogens is 1. The molecule has 1 aromatic heterocycles. The van der Waals surface area contributed by atoms with Crippen LogP contribution in [0.15, 0.2) is 16.0 Å². The number of hydrogen-bond donors (Lipinski definition) is 2. The summed E-state index contributed by atoms with van der Waals surface area (Å²) in [5.41, 5.74) is 9.44. The first-order valence-electron chi connectivity index (χ1n) is 11.9. The van der Waals surface area contributed by atoms with Gasteiger partial charge in [-0.3, -0.25) is 14.2 Å². The van der Waals surface area contributed by atoms with E-state index in [2.05, 4.69) is 15.2 Å². The van der Waals surface area contributed by atoms with Gasteiger partial charge >= 0.3 is 0 Å². The molecule has 3 aliphatic heterocycles. The van der Waals surface area contributed by atoms with Gasteiger partial charge in [-0.2, -0.15) is 0 Å². The van der Waals surface area contributed by atoms with E-state index in [0.29, 0.717) is 48.0 Å². The van der Waals surface area contributed by atoms with Crippen molar-refractivity contribution < 1.29 is 14.3 Å². The Morgan fingerprint density at radius 3 is 3.06 bits per heavy atom. The van der Waals surface area contributed by atoms with Crippen molar-refractivity contribution in [2.75, 3.05) is 44.8 Å². The number of piperidine rings is 1. The lowest BCUT2D eigenvalue weighted by atomic mass is 9.99. The Morgan fingerprint density at radius 1 is 1.43 bits per heavy atom. The number of aromatic nitrogens is 2.